The molecule has 0 fully saturated rings. The molecule has 0 aliphatic rings. The van der Waals surface area contributed by atoms with Crippen molar-refractivity contribution in [1.82, 2.24) is 15.5 Å². The second-order valence-electron chi connectivity index (χ2n) is 3.02. The van der Waals surface area contributed by atoms with Crippen molar-refractivity contribution in [3.05, 3.63) is 34.8 Å². The summed E-state index contributed by atoms with van der Waals surface area (Å²) in [5.74, 6) is -0.342. The minimum Gasteiger partial charge on any atom is -0.502 e. The van der Waals surface area contributed by atoms with Crippen LogP contribution in [0, 0.1) is 0 Å². The third-order valence-electron chi connectivity index (χ3n) is 1.81. The van der Waals surface area contributed by atoms with E-state index in [0.29, 0.717) is 19.6 Å². The summed E-state index contributed by atoms with van der Waals surface area (Å²) < 4.78 is 4.91. The minimum absolute atomic E-state index is 0.0224. The van der Waals surface area contributed by atoms with Crippen LogP contribution in [0.3, 0.4) is 0 Å². The number of rotatable bonds is 6. The fraction of sp³-hybridized carbons (Fsp3) is 0.300. The molecule has 1 aromatic rings. The number of nitrogens with one attached hydrogen (secondary N) is 1. The van der Waals surface area contributed by atoms with E-state index in [9.17, 15) is 4.79 Å². The van der Waals surface area contributed by atoms with Gasteiger partial charge in [-0.2, -0.15) is 0 Å². The highest BCUT2D eigenvalue weighted by Gasteiger charge is 2.12. The predicted molar refractivity (Wildman–Crippen MR) is 65.2 cm³/mol. The maximum atomic E-state index is 11.7. The molecule has 0 saturated heterocycles. The van der Waals surface area contributed by atoms with E-state index in [1.165, 1.54) is 12.3 Å². The first-order valence-corrected chi connectivity index (χ1v) is 5.60. The molecule has 0 aliphatic heterocycles. The standard InChI is InChI=1S/C10H11Cl2N3O2/c1-2-17-5-3-4-13-10(16)7-6-8(11)14-15-9(7)12/h2,6H,1,3-5H2,(H,13,16). The molecule has 0 spiro atoms. The molecular formula is C10H11Cl2N3O2. The molecule has 5 nitrogen and oxygen atoms in total. The Balaban J connectivity index is 2.46. The number of aromatic nitrogens is 2. The van der Waals surface area contributed by atoms with Gasteiger partial charge in [-0.05, 0) is 12.5 Å². The van der Waals surface area contributed by atoms with Gasteiger partial charge in [0.1, 0.15) is 0 Å². The van der Waals surface area contributed by atoms with Crippen LogP contribution in [0.1, 0.15) is 16.8 Å². The largest absolute Gasteiger partial charge is 0.502 e. The number of halogens is 2. The Bertz CT molecular complexity index is 413. The SMILES string of the molecule is C=COCCCNC(=O)c1cc(Cl)nnc1Cl. The van der Waals surface area contributed by atoms with Crippen LogP contribution in [0.15, 0.2) is 18.9 Å². The number of carbonyl (C=O) groups is 1. The van der Waals surface area contributed by atoms with E-state index in [4.69, 9.17) is 27.9 Å². The molecule has 17 heavy (non-hydrogen) atoms. The monoisotopic (exact) mass is 275 g/mol. The highest BCUT2D eigenvalue weighted by Crippen LogP contribution is 2.14. The zero-order chi connectivity index (χ0) is 12.7. The van der Waals surface area contributed by atoms with Crippen LogP contribution in [0.5, 0.6) is 0 Å². The van der Waals surface area contributed by atoms with Crippen LogP contribution < -0.4 is 5.32 Å². The number of ether oxygens (including phenoxy) is 1. The first kappa shape index (κ1) is 13.7. The van der Waals surface area contributed by atoms with Crippen LogP contribution in [0.25, 0.3) is 0 Å². The minimum atomic E-state index is -0.342. The molecule has 0 saturated carbocycles. The highest BCUT2D eigenvalue weighted by molar-refractivity contribution is 6.34. The van der Waals surface area contributed by atoms with Crippen molar-refractivity contribution < 1.29 is 9.53 Å². The molecule has 1 rings (SSSR count). The fourth-order valence-electron chi connectivity index (χ4n) is 1.05. The molecule has 0 aliphatic carbocycles. The molecule has 0 radical (unpaired) electrons. The molecule has 1 amide bonds. The molecule has 0 atom stereocenters. The van der Waals surface area contributed by atoms with Gasteiger partial charge >= 0.3 is 0 Å². The smallest absolute Gasteiger partial charge is 0.254 e. The highest BCUT2D eigenvalue weighted by atomic mass is 35.5. The van der Waals surface area contributed by atoms with Crippen LogP contribution in [0.4, 0.5) is 0 Å². The number of carbonyl (C=O) groups excluding carboxylic acids is 1. The summed E-state index contributed by atoms with van der Waals surface area (Å²) in [4.78, 5) is 11.7. The summed E-state index contributed by atoms with van der Waals surface area (Å²) in [6, 6.07) is 1.37. The van der Waals surface area contributed by atoms with Crippen molar-refractivity contribution in [2.75, 3.05) is 13.2 Å². The Hall–Kier alpha value is -1.33. The van der Waals surface area contributed by atoms with Gasteiger partial charge < -0.3 is 10.1 Å². The summed E-state index contributed by atoms with van der Waals surface area (Å²) in [7, 11) is 0. The summed E-state index contributed by atoms with van der Waals surface area (Å²) >= 11 is 11.3. The topological polar surface area (TPSA) is 64.1 Å². The van der Waals surface area contributed by atoms with Gasteiger partial charge in [-0.15, -0.1) is 10.2 Å². The van der Waals surface area contributed by atoms with E-state index in [-0.39, 0.29) is 21.8 Å². The normalized spacial score (nSPS) is 9.76. The summed E-state index contributed by atoms with van der Waals surface area (Å²) in [5, 5.41) is 9.86. The second-order valence-corrected chi connectivity index (χ2v) is 3.76. The van der Waals surface area contributed by atoms with E-state index in [1.807, 2.05) is 0 Å². The Morgan fingerprint density at radius 2 is 2.29 bits per heavy atom. The summed E-state index contributed by atoms with van der Waals surface area (Å²) in [6.45, 7) is 4.36. The molecule has 92 valence electrons. The first-order valence-electron chi connectivity index (χ1n) is 4.84. The molecule has 0 bridgehead atoms. The maximum absolute atomic E-state index is 11.7. The predicted octanol–water partition coefficient (Wildman–Crippen LogP) is 2.06. The zero-order valence-electron chi connectivity index (χ0n) is 8.95. The average molecular weight is 276 g/mol. The first-order chi connectivity index (χ1) is 8.15. The van der Waals surface area contributed by atoms with E-state index in [2.05, 4.69) is 22.1 Å². The lowest BCUT2D eigenvalue weighted by Crippen LogP contribution is -2.25. The third-order valence-corrected chi connectivity index (χ3v) is 2.27. The van der Waals surface area contributed by atoms with Gasteiger partial charge in [-0.25, -0.2) is 0 Å². The van der Waals surface area contributed by atoms with Crippen molar-refractivity contribution in [2.45, 2.75) is 6.42 Å². The molecule has 0 unspecified atom stereocenters. The molecule has 0 aromatic carbocycles. The summed E-state index contributed by atoms with van der Waals surface area (Å²) in [6.07, 6.45) is 2.02. The molecule has 1 N–H and O–H groups in total. The van der Waals surface area contributed by atoms with Crippen molar-refractivity contribution in [3.63, 3.8) is 0 Å². The Morgan fingerprint density at radius 3 is 3.00 bits per heavy atom. The Morgan fingerprint density at radius 1 is 1.53 bits per heavy atom. The Labute approximate surface area is 109 Å². The van der Waals surface area contributed by atoms with Crippen LogP contribution in [0.2, 0.25) is 10.3 Å². The lowest BCUT2D eigenvalue weighted by atomic mass is 10.3. The zero-order valence-corrected chi connectivity index (χ0v) is 10.5. The molecule has 1 aromatic heterocycles. The molecule has 7 heteroatoms. The van der Waals surface area contributed by atoms with Crippen LogP contribution >= 0.6 is 23.2 Å². The van der Waals surface area contributed by atoms with Gasteiger partial charge in [0, 0.05) is 6.54 Å². The third kappa shape index (κ3) is 4.58. The number of nitrogens with zero attached hydrogens (tertiary/aromatic N) is 2. The Kier molecular flexibility index (Phi) is 5.72. The van der Waals surface area contributed by atoms with E-state index in [0.717, 1.165) is 0 Å². The van der Waals surface area contributed by atoms with Crippen LogP contribution in [-0.4, -0.2) is 29.3 Å². The van der Waals surface area contributed by atoms with Gasteiger partial charge in [0.2, 0.25) is 0 Å². The van der Waals surface area contributed by atoms with E-state index < -0.39 is 0 Å². The molecule has 1 heterocycles. The van der Waals surface area contributed by atoms with Crippen molar-refractivity contribution in [2.24, 2.45) is 0 Å². The lowest BCUT2D eigenvalue weighted by molar-refractivity contribution is 0.0950. The average Bonchev–Trinajstić information content (AvgIpc) is 2.32. The van der Waals surface area contributed by atoms with E-state index >= 15 is 0 Å². The van der Waals surface area contributed by atoms with Gasteiger partial charge in [0.15, 0.2) is 10.3 Å². The van der Waals surface area contributed by atoms with Crippen molar-refractivity contribution >= 4 is 29.1 Å². The van der Waals surface area contributed by atoms with Crippen molar-refractivity contribution in [1.29, 1.82) is 0 Å². The fourth-order valence-corrected chi connectivity index (χ4v) is 1.37. The summed E-state index contributed by atoms with van der Waals surface area (Å²) in [5.41, 5.74) is 0.205. The lowest BCUT2D eigenvalue weighted by Gasteiger charge is -2.05. The van der Waals surface area contributed by atoms with Gasteiger partial charge in [-0.3, -0.25) is 4.79 Å². The molecular weight excluding hydrogens is 265 g/mol. The van der Waals surface area contributed by atoms with Gasteiger partial charge in [0.25, 0.3) is 5.91 Å². The second kappa shape index (κ2) is 7.09. The van der Waals surface area contributed by atoms with Gasteiger partial charge in [0.05, 0.1) is 18.4 Å². The maximum Gasteiger partial charge on any atom is 0.254 e. The quantitative estimate of drug-likeness (QED) is 0.638. The number of hydrogen-bond acceptors (Lipinski definition) is 4. The number of amides is 1. The van der Waals surface area contributed by atoms with Crippen LogP contribution in [-0.2, 0) is 4.74 Å². The number of hydrogen-bond donors (Lipinski definition) is 1. The van der Waals surface area contributed by atoms with Crippen molar-refractivity contribution in [3.8, 4) is 0 Å². The van der Waals surface area contributed by atoms with E-state index in [1.54, 1.807) is 0 Å². The van der Waals surface area contributed by atoms with Gasteiger partial charge in [-0.1, -0.05) is 29.8 Å².